The monoisotopic (exact) mass is 201 g/mol. The number of benzene rings is 1. The van der Waals surface area contributed by atoms with Crippen LogP contribution in [-0.4, -0.2) is 10.9 Å². The number of phenolic OH excluding ortho intramolecular Hbond substituents is 1. The predicted octanol–water partition coefficient (Wildman–Crippen LogP) is 2.11. The van der Waals surface area contributed by atoms with E-state index in [-0.39, 0.29) is 17.0 Å². The number of aromatic hydroxyl groups is 1. The summed E-state index contributed by atoms with van der Waals surface area (Å²) in [4.78, 5) is 10.9. The Bertz CT molecular complexity index is 377. The number of ketones is 1. The lowest BCUT2D eigenvalue weighted by atomic mass is 10.1. The highest BCUT2D eigenvalue weighted by Gasteiger charge is 2.18. The van der Waals surface area contributed by atoms with Crippen molar-refractivity contribution < 1.29 is 18.7 Å². The van der Waals surface area contributed by atoms with Gasteiger partial charge in [-0.25, -0.2) is 8.78 Å². The lowest BCUT2D eigenvalue weighted by Crippen LogP contribution is -2.01. The van der Waals surface area contributed by atoms with Crippen LogP contribution in [0.1, 0.15) is 29.3 Å². The van der Waals surface area contributed by atoms with Gasteiger partial charge in [-0.3, -0.25) is 4.79 Å². The van der Waals surface area contributed by atoms with E-state index in [0.717, 1.165) is 6.07 Å². The number of carbonyl (C=O) groups excluding carboxylic acids is 1. The molecule has 0 spiro atoms. The van der Waals surface area contributed by atoms with E-state index in [9.17, 15) is 18.7 Å². The topological polar surface area (TPSA) is 63.3 Å². The van der Waals surface area contributed by atoms with Gasteiger partial charge in [0.1, 0.15) is 5.75 Å². The van der Waals surface area contributed by atoms with Crippen LogP contribution in [-0.2, 0) is 0 Å². The number of hydrogen-bond acceptors (Lipinski definition) is 3. The molecule has 1 rings (SSSR count). The molecule has 5 heteroatoms. The van der Waals surface area contributed by atoms with E-state index in [1.807, 2.05) is 0 Å². The van der Waals surface area contributed by atoms with Gasteiger partial charge in [0.15, 0.2) is 5.78 Å². The normalized spacial score (nSPS) is 10.6. The smallest absolute Gasteiger partial charge is 0.267 e. The van der Waals surface area contributed by atoms with Crippen LogP contribution in [0.4, 0.5) is 14.5 Å². The Morgan fingerprint density at radius 1 is 1.50 bits per heavy atom. The van der Waals surface area contributed by atoms with Crippen LogP contribution in [0.5, 0.6) is 5.75 Å². The minimum atomic E-state index is -2.81. The molecule has 0 saturated carbocycles. The summed E-state index contributed by atoms with van der Waals surface area (Å²) in [6, 6.07) is 2.17. The lowest BCUT2D eigenvalue weighted by Gasteiger charge is -2.08. The number of Topliss-reactive ketones (excluding diaryl/α,β-unsaturated/α-hetero) is 1. The van der Waals surface area contributed by atoms with Gasteiger partial charge in [-0.2, -0.15) is 0 Å². The number of rotatable bonds is 2. The van der Waals surface area contributed by atoms with Gasteiger partial charge >= 0.3 is 0 Å². The number of carbonyl (C=O) groups is 1. The third kappa shape index (κ3) is 1.66. The molecule has 0 fully saturated rings. The summed E-state index contributed by atoms with van der Waals surface area (Å²) >= 11 is 0. The van der Waals surface area contributed by atoms with Crippen molar-refractivity contribution in [2.24, 2.45) is 0 Å². The van der Waals surface area contributed by atoms with Crippen molar-refractivity contribution in [1.82, 2.24) is 0 Å². The quantitative estimate of drug-likeness (QED) is 0.437. The fraction of sp³-hybridized carbons (Fsp3) is 0.222. The van der Waals surface area contributed by atoms with Gasteiger partial charge in [0, 0.05) is 5.56 Å². The highest BCUT2D eigenvalue weighted by atomic mass is 19.3. The van der Waals surface area contributed by atoms with Crippen LogP contribution in [0.2, 0.25) is 0 Å². The zero-order chi connectivity index (χ0) is 10.9. The molecule has 0 aromatic heterocycles. The lowest BCUT2D eigenvalue weighted by molar-refractivity contribution is 0.101. The summed E-state index contributed by atoms with van der Waals surface area (Å²) < 4.78 is 24.5. The molecular formula is C9H9F2NO2. The minimum absolute atomic E-state index is 0.0481. The van der Waals surface area contributed by atoms with Gasteiger partial charge in [0.05, 0.1) is 11.3 Å². The van der Waals surface area contributed by atoms with E-state index in [1.165, 1.54) is 13.0 Å². The predicted molar refractivity (Wildman–Crippen MR) is 47.5 cm³/mol. The van der Waals surface area contributed by atoms with E-state index in [0.29, 0.717) is 0 Å². The molecule has 76 valence electrons. The fourth-order valence-corrected chi connectivity index (χ4v) is 1.11. The van der Waals surface area contributed by atoms with Crippen LogP contribution in [0.15, 0.2) is 12.1 Å². The van der Waals surface area contributed by atoms with Crippen LogP contribution in [0, 0.1) is 0 Å². The third-order valence-corrected chi connectivity index (χ3v) is 1.86. The van der Waals surface area contributed by atoms with Crippen LogP contribution >= 0.6 is 0 Å². The first-order chi connectivity index (χ1) is 6.45. The van der Waals surface area contributed by atoms with Crippen molar-refractivity contribution in [2.45, 2.75) is 13.3 Å². The number of hydrogen-bond donors (Lipinski definition) is 2. The van der Waals surface area contributed by atoms with Gasteiger partial charge in [-0.15, -0.1) is 0 Å². The Morgan fingerprint density at radius 2 is 2.07 bits per heavy atom. The van der Waals surface area contributed by atoms with Crippen molar-refractivity contribution in [1.29, 1.82) is 0 Å². The molecule has 1 aromatic rings. The summed E-state index contributed by atoms with van der Waals surface area (Å²) in [6.07, 6.45) is -2.81. The summed E-state index contributed by atoms with van der Waals surface area (Å²) in [5, 5.41) is 9.24. The van der Waals surface area contributed by atoms with Gasteiger partial charge in [0.25, 0.3) is 6.43 Å². The second-order valence-corrected chi connectivity index (χ2v) is 2.82. The molecular weight excluding hydrogens is 192 g/mol. The molecule has 0 heterocycles. The van der Waals surface area contributed by atoms with E-state index in [2.05, 4.69) is 0 Å². The number of anilines is 1. The van der Waals surface area contributed by atoms with Crippen LogP contribution in [0.3, 0.4) is 0 Å². The Morgan fingerprint density at radius 3 is 2.50 bits per heavy atom. The number of halogens is 2. The molecule has 1 aromatic carbocycles. The average Bonchev–Trinajstić information content (AvgIpc) is 2.08. The highest BCUT2D eigenvalue weighted by Crippen LogP contribution is 2.34. The fourth-order valence-electron chi connectivity index (χ4n) is 1.11. The maximum Gasteiger partial charge on any atom is 0.267 e. The van der Waals surface area contributed by atoms with Crippen LogP contribution < -0.4 is 5.73 Å². The van der Waals surface area contributed by atoms with Crippen molar-refractivity contribution >= 4 is 11.5 Å². The van der Waals surface area contributed by atoms with Gasteiger partial charge < -0.3 is 10.8 Å². The standard InChI is InChI=1S/C9H9F2NO2/c1-4(13)5-2-3-6(9(10)11)8(14)7(5)12/h2-3,9,14H,12H2,1H3. The Balaban J connectivity index is 3.33. The van der Waals surface area contributed by atoms with Gasteiger partial charge in [0.2, 0.25) is 0 Å². The highest BCUT2D eigenvalue weighted by molar-refractivity contribution is 6.00. The first-order valence-corrected chi connectivity index (χ1v) is 3.85. The molecule has 0 amide bonds. The summed E-state index contributed by atoms with van der Waals surface area (Å²) in [7, 11) is 0. The maximum absolute atomic E-state index is 12.2. The van der Waals surface area contributed by atoms with Crippen molar-refractivity contribution in [3.63, 3.8) is 0 Å². The molecule has 0 saturated heterocycles. The van der Waals surface area contributed by atoms with Gasteiger partial charge in [-0.05, 0) is 19.1 Å². The molecule has 14 heavy (non-hydrogen) atoms. The average molecular weight is 201 g/mol. The molecule has 0 atom stereocenters. The largest absolute Gasteiger partial charge is 0.505 e. The zero-order valence-electron chi connectivity index (χ0n) is 7.42. The minimum Gasteiger partial charge on any atom is -0.505 e. The van der Waals surface area contributed by atoms with Crippen molar-refractivity contribution in [3.8, 4) is 5.75 Å². The Hall–Kier alpha value is -1.65. The van der Waals surface area contributed by atoms with Crippen molar-refractivity contribution in [3.05, 3.63) is 23.3 Å². The molecule has 0 aliphatic carbocycles. The molecule has 3 nitrogen and oxygen atoms in total. The Kier molecular flexibility index (Phi) is 2.69. The summed E-state index contributed by atoms with van der Waals surface area (Å²) in [5.41, 5.74) is 4.51. The van der Waals surface area contributed by atoms with E-state index in [1.54, 1.807) is 0 Å². The van der Waals surface area contributed by atoms with Crippen LogP contribution in [0.25, 0.3) is 0 Å². The number of alkyl halides is 2. The molecule has 0 radical (unpaired) electrons. The number of nitrogens with two attached hydrogens (primary N) is 1. The van der Waals surface area contributed by atoms with E-state index < -0.39 is 17.7 Å². The van der Waals surface area contributed by atoms with E-state index in [4.69, 9.17) is 5.73 Å². The zero-order valence-corrected chi connectivity index (χ0v) is 7.42. The third-order valence-electron chi connectivity index (χ3n) is 1.86. The first-order valence-electron chi connectivity index (χ1n) is 3.85. The molecule has 0 unspecified atom stereocenters. The molecule has 0 aliphatic heterocycles. The van der Waals surface area contributed by atoms with Gasteiger partial charge in [-0.1, -0.05) is 0 Å². The summed E-state index contributed by atoms with van der Waals surface area (Å²) in [6.45, 7) is 1.24. The maximum atomic E-state index is 12.2. The SMILES string of the molecule is CC(=O)c1ccc(C(F)F)c(O)c1N. The number of nitrogen functional groups attached to an aromatic ring is 1. The Labute approximate surface area is 79.2 Å². The second-order valence-electron chi connectivity index (χ2n) is 2.82. The molecule has 0 bridgehead atoms. The molecule has 0 aliphatic rings. The molecule has 3 N–H and O–H groups in total. The number of phenols is 1. The first kappa shape index (κ1) is 10.4. The summed E-state index contributed by atoms with van der Waals surface area (Å²) in [5.74, 6) is -1.09. The second kappa shape index (κ2) is 3.61. The van der Waals surface area contributed by atoms with Crippen molar-refractivity contribution in [2.75, 3.05) is 5.73 Å². The van der Waals surface area contributed by atoms with E-state index >= 15 is 0 Å².